The number of nitrogens with one attached hydrogen (secondary N) is 1. The summed E-state index contributed by atoms with van der Waals surface area (Å²) in [4.78, 5) is 42.4. The summed E-state index contributed by atoms with van der Waals surface area (Å²) in [7, 11) is 0. The largest absolute Gasteiger partial charge is 0.341 e. The Labute approximate surface area is 133 Å². The Hall–Kier alpha value is -2.37. The second-order valence-corrected chi connectivity index (χ2v) is 5.96. The molecule has 2 heterocycles. The third-order valence-electron chi connectivity index (χ3n) is 4.49. The van der Waals surface area contributed by atoms with Crippen LogP contribution in [0.1, 0.15) is 38.6 Å². The number of nitrogens with zero attached hydrogens (tertiary/aromatic N) is 2. The van der Waals surface area contributed by atoms with E-state index in [1.54, 1.807) is 29.2 Å². The highest BCUT2D eigenvalue weighted by atomic mass is 16.2. The Bertz CT molecular complexity index is 831. The van der Waals surface area contributed by atoms with Crippen LogP contribution in [0.2, 0.25) is 0 Å². The van der Waals surface area contributed by atoms with Gasteiger partial charge < -0.3 is 9.88 Å². The number of carbonyl (C=O) groups is 1. The maximum absolute atomic E-state index is 12.8. The SMILES string of the molecule is CC[C@@H](C(=O)N1CCCCC1)n1c(=O)[nH]c2ccccc2c1=O. The van der Waals surface area contributed by atoms with Crippen molar-refractivity contribution < 1.29 is 4.79 Å². The van der Waals surface area contributed by atoms with E-state index >= 15 is 0 Å². The minimum absolute atomic E-state index is 0.130. The molecule has 2 aromatic rings. The summed E-state index contributed by atoms with van der Waals surface area (Å²) in [5.74, 6) is -0.130. The summed E-state index contributed by atoms with van der Waals surface area (Å²) in [6, 6.07) is 6.13. The molecule has 1 amide bonds. The van der Waals surface area contributed by atoms with Crippen LogP contribution in [0.15, 0.2) is 33.9 Å². The monoisotopic (exact) mass is 315 g/mol. The van der Waals surface area contributed by atoms with Crippen LogP contribution in [0.3, 0.4) is 0 Å². The number of rotatable bonds is 3. The number of aromatic amines is 1. The fourth-order valence-corrected chi connectivity index (χ4v) is 3.25. The van der Waals surface area contributed by atoms with Gasteiger partial charge in [-0.05, 0) is 37.8 Å². The van der Waals surface area contributed by atoms with Gasteiger partial charge in [0.1, 0.15) is 6.04 Å². The highest BCUT2D eigenvalue weighted by Gasteiger charge is 2.28. The molecule has 1 saturated heterocycles. The molecule has 0 bridgehead atoms. The number of amides is 1. The normalized spacial score (nSPS) is 16.5. The molecule has 3 rings (SSSR count). The van der Waals surface area contributed by atoms with Crippen molar-refractivity contribution in [1.29, 1.82) is 0 Å². The predicted molar refractivity (Wildman–Crippen MR) is 88.6 cm³/mol. The van der Waals surface area contributed by atoms with E-state index in [2.05, 4.69) is 4.98 Å². The molecular weight excluding hydrogens is 294 g/mol. The lowest BCUT2D eigenvalue weighted by Crippen LogP contribution is -2.47. The van der Waals surface area contributed by atoms with E-state index in [0.717, 1.165) is 23.8 Å². The molecule has 1 fully saturated rings. The smallest absolute Gasteiger partial charge is 0.329 e. The number of carbonyl (C=O) groups excluding carboxylic acids is 1. The molecule has 6 nitrogen and oxygen atoms in total. The molecule has 1 atom stereocenters. The number of H-pyrrole nitrogens is 1. The molecule has 0 radical (unpaired) electrons. The number of hydrogen-bond donors (Lipinski definition) is 1. The van der Waals surface area contributed by atoms with Crippen LogP contribution >= 0.6 is 0 Å². The lowest BCUT2D eigenvalue weighted by atomic mass is 10.1. The Kier molecular flexibility index (Phi) is 4.32. The third-order valence-corrected chi connectivity index (χ3v) is 4.49. The van der Waals surface area contributed by atoms with Gasteiger partial charge in [-0.2, -0.15) is 0 Å². The number of benzene rings is 1. The maximum Gasteiger partial charge on any atom is 0.329 e. The number of para-hydroxylation sites is 1. The molecule has 1 aliphatic rings. The van der Waals surface area contributed by atoms with Gasteiger partial charge in [-0.1, -0.05) is 19.1 Å². The molecule has 122 valence electrons. The summed E-state index contributed by atoms with van der Waals surface area (Å²) in [5, 5.41) is 0.428. The van der Waals surface area contributed by atoms with Crippen molar-refractivity contribution in [2.24, 2.45) is 0 Å². The van der Waals surface area contributed by atoms with Gasteiger partial charge in [0.15, 0.2) is 0 Å². The lowest BCUT2D eigenvalue weighted by Gasteiger charge is -2.30. The maximum atomic E-state index is 12.8. The standard InChI is InChI=1S/C17H21N3O3/c1-2-14(16(22)19-10-6-3-7-11-19)20-15(21)12-8-4-5-9-13(12)18-17(20)23/h4-5,8-9,14H,2-3,6-7,10-11H2,1H3,(H,18,23)/t14-/m0/s1. The van der Waals surface area contributed by atoms with Gasteiger partial charge in [0, 0.05) is 13.1 Å². The Balaban J connectivity index is 2.07. The molecule has 23 heavy (non-hydrogen) atoms. The second-order valence-electron chi connectivity index (χ2n) is 5.96. The highest BCUT2D eigenvalue weighted by molar-refractivity contribution is 5.82. The first-order valence-electron chi connectivity index (χ1n) is 8.16. The van der Waals surface area contributed by atoms with Gasteiger partial charge in [0.05, 0.1) is 10.9 Å². The topological polar surface area (TPSA) is 75.2 Å². The quantitative estimate of drug-likeness (QED) is 0.936. The molecule has 0 unspecified atom stereocenters. The zero-order chi connectivity index (χ0) is 16.4. The Morgan fingerprint density at radius 3 is 2.57 bits per heavy atom. The van der Waals surface area contributed by atoms with Crippen molar-refractivity contribution >= 4 is 16.8 Å². The molecule has 6 heteroatoms. The molecule has 0 aliphatic carbocycles. The van der Waals surface area contributed by atoms with Gasteiger partial charge in [0.2, 0.25) is 5.91 Å². The van der Waals surface area contributed by atoms with E-state index in [-0.39, 0.29) is 5.91 Å². The van der Waals surface area contributed by atoms with E-state index < -0.39 is 17.3 Å². The zero-order valence-electron chi connectivity index (χ0n) is 13.2. The summed E-state index contributed by atoms with van der Waals surface area (Å²) >= 11 is 0. The average Bonchev–Trinajstić information content (AvgIpc) is 2.59. The molecule has 0 saturated carbocycles. The number of hydrogen-bond acceptors (Lipinski definition) is 3. The van der Waals surface area contributed by atoms with Gasteiger partial charge in [-0.15, -0.1) is 0 Å². The zero-order valence-corrected chi connectivity index (χ0v) is 13.2. The van der Waals surface area contributed by atoms with Crippen LogP contribution in [0.25, 0.3) is 10.9 Å². The molecule has 1 aromatic heterocycles. The lowest BCUT2D eigenvalue weighted by molar-refractivity contribution is -0.136. The predicted octanol–water partition coefficient (Wildman–Crippen LogP) is 1.65. The summed E-state index contributed by atoms with van der Waals surface area (Å²) in [6.07, 6.45) is 3.49. The van der Waals surface area contributed by atoms with Crippen molar-refractivity contribution in [1.82, 2.24) is 14.5 Å². The molecule has 1 aliphatic heterocycles. The van der Waals surface area contributed by atoms with Gasteiger partial charge in [-0.3, -0.25) is 9.59 Å². The van der Waals surface area contributed by atoms with Crippen molar-refractivity contribution in [3.8, 4) is 0 Å². The van der Waals surface area contributed by atoms with Crippen molar-refractivity contribution in [3.05, 3.63) is 45.1 Å². The van der Waals surface area contributed by atoms with Crippen LogP contribution < -0.4 is 11.2 Å². The minimum atomic E-state index is -0.742. The highest BCUT2D eigenvalue weighted by Crippen LogP contribution is 2.17. The summed E-state index contributed by atoms with van der Waals surface area (Å²) < 4.78 is 1.08. The number of fused-ring (bicyclic) bond motifs is 1. The summed E-state index contributed by atoms with van der Waals surface area (Å²) in [5.41, 5.74) is -0.425. The fourth-order valence-electron chi connectivity index (χ4n) is 3.25. The van der Waals surface area contributed by atoms with Crippen molar-refractivity contribution in [3.63, 3.8) is 0 Å². The summed E-state index contributed by atoms with van der Waals surface area (Å²) in [6.45, 7) is 3.23. The molecule has 0 spiro atoms. The van der Waals surface area contributed by atoms with E-state index in [4.69, 9.17) is 0 Å². The Morgan fingerprint density at radius 2 is 1.87 bits per heavy atom. The van der Waals surface area contributed by atoms with Crippen molar-refractivity contribution in [2.45, 2.75) is 38.6 Å². The van der Waals surface area contributed by atoms with E-state index in [9.17, 15) is 14.4 Å². The molecular formula is C17H21N3O3. The molecule has 1 aromatic carbocycles. The van der Waals surface area contributed by atoms with Gasteiger partial charge in [-0.25, -0.2) is 9.36 Å². The van der Waals surface area contributed by atoms with Crippen LogP contribution in [-0.4, -0.2) is 33.4 Å². The fraction of sp³-hybridized carbons (Fsp3) is 0.471. The first kappa shape index (κ1) is 15.5. The van der Waals surface area contributed by atoms with E-state index in [1.165, 1.54) is 0 Å². The first-order valence-corrected chi connectivity index (χ1v) is 8.16. The van der Waals surface area contributed by atoms with E-state index in [0.29, 0.717) is 30.4 Å². The number of aromatic nitrogens is 2. The van der Waals surface area contributed by atoms with Crippen LogP contribution in [0, 0.1) is 0 Å². The van der Waals surface area contributed by atoms with Crippen molar-refractivity contribution in [2.75, 3.05) is 13.1 Å². The second kappa shape index (κ2) is 6.40. The Morgan fingerprint density at radius 1 is 1.17 bits per heavy atom. The van der Waals surface area contributed by atoms with Crippen LogP contribution in [-0.2, 0) is 4.79 Å². The van der Waals surface area contributed by atoms with E-state index in [1.807, 2.05) is 6.92 Å². The first-order chi connectivity index (χ1) is 11.1. The van der Waals surface area contributed by atoms with Gasteiger partial charge in [0.25, 0.3) is 5.56 Å². The average molecular weight is 315 g/mol. The number of likely N-dealkylation sites (tertiary alicyclic amines) is 1. The molecule has 1 N–H and O–H groups in total. The number of piperidine rings is 1. The third kappa shape index (κ3) is 2.81. The van der Waals surface area contributed by atoms with Crippen LogP contribution in [0.5, 0.6) is 0 Å². The van der Waals surface area contributed by atoms with Gasteiger partial charge >= 0.3 is 5.69 Å². The minimum Gasteiger partial charge on any atom is -0.341 e. The van der Waals surface area contributed by atoms with Crippen LogP contribution in [0.4, 0.5) is 0 Å².